The van der Waals surface area contributed by atoms with Crippen molar-refractivity contribution < 1.29 is 17.9 Å². The minimum atomic E-state index is -3.62. The van der Waals surface area contributed by atoms with Crippen molar-refractivity contribution in [1.82, 2.24) is 10.0 Å². The summed E-state index contributed by atoms with van der Waals surface area (Å²) in [5, 5.41) is 3.06. The molecule has 0 unspecified atom stereocenters. The Hall–Kier alpha value is -2.22. The Balaban J connectivity index is 2.10. The van der Waals surface area contributed by atoms with Crippen LogP contribution in [0.1, 0.15) is 42.2 Å². The zero-order chi connectivity index (χ0) is 20.6. The number of sulfonamides is 1. The maximum atomic E-state index is 12.7. The van der Waals surface area contributed by atoms with E-state index in [1.807, 2.05) is 30.3 Å². The summed E-state index contributed by atoms with van der Waals surface area (Å²) in [6, 6.07) is 15.6. The molecule has 0 aliphatic rings. The van der Waals surface area contributed by atoms with E-state index < -0.39 is 10.0 Å². The van der Waals surface area contributed by atoms with Gasteiger partial charge in [0, 0.05) is 19.2 Å². The van der Waals surface area contributed by atoms with Crippen LogP contribution in [0.3, 0.4) is 0 Å². The molecule has 2 rings (SSSR count). The van der Waals surface area contributed by atoms with Gasteiger partial charge in [0.15, 0.2) is 0 Å². The van der Waals surface area contributed by atoms with Crippen LogP contribution < -0.4 is 10.0 Å². The Bertz CT molecular complexity index is 850. The molecular weight excluding hydrogens is 376 g/mol. The minimum Gasteiger partial charge on any atom is -0.383 e. The average molecular weight is 405 g/mol. The van der Waals surface area contributed by atoms with E-state index in [9.17, 15) is 13.2 Å². The van der Waals surface area contributed by atoms with Gasteiger partial charge in [-0.3, -0.25) is 4.79 Å². The lowest BCUT2D eigenvalue weighted by molar-refractivity contribution is 0.0932. The quantitative estimate of drug-likeness (QED) is 0.596. The van der Waals surface area contributed by atoms with E-state index in [0.29, 0.717) is 11.5 Å². The molecule has 2 aromatic carbocycles. The van der Waals surface area contributed by atoms with Crippen LogP contribution in [0.25, 0.3) is 0 Å². The number of amides is 1. The molecule has 0 bridgehead atoms. The highest BCUT2D eigenvalue weighted by Gasteiger charge is 2.18. The predicted octanol–water partition coefficient (Wildman–Crippen LogP) is 3.13. The zero-order valence-electron chi connectivity index (χ0n) is 16.5. The van der Waals surface area contributed by atoms with E-state index in [0.717, 1.165) is 12.0 Å². The van der Waals surface area contributed by atoms with Crippen molar-refractivity contribution in [2.75, 3.05) is 20.3 Å². The lowest BCUT2D eigenvalue weighted by Crippen LogP contribution is -2.30. The first kappa shape index (κ1) is 22.1. The molecule has 0 heterocycles. The molecule has 0 radical (unpaired) electrons. The van der Waals surface area contributed by atoms with E-state index in [1.165, 1.54) is 31.4 Å². The Morgan fingerprint density at radius 2 is 1.68 bits per heavy atom. The number of hydrogen-bond donors (Lipinski definition) is 2. The first-order valence-corrected chi connectivity index (χ1v) is 10.8. The Morgan fingerprint density at radius 1 is 1.04 bits per heavy atom. The molecule has 0 saturated heterocycles. The standard InChI is InChI=1S/C21H28N2O4S/c1-16(2)15-20(17-7-5-4-6-8-17)23-21(24)18-9-11-19(12-10-18)28(25,26)22-13-14-27-3/h4-12,16,20,22H,13-15H2,1-3H3,(H,23,24)/t20-/m0/s1. The SMILES string of the molecule is COCCNS(=O)(=O)c1ccc(C(=O)N[C@@H](CC(C)C)c2ccccc2)cc1. The summed E-state index contributed by atoms with van der Waals surface area (Å²) < 4.78 is 31.7. The van der Waals surface area contributed by atoms with Crippen LogP contribution in [0.2, 0.25) is 0 Å². The van der Waals surface area contributed by atoms with Crippen molar-refractivity contribution in [2.24, 2.45) is 5.92 Å². The van der Waals surface area contributed by atoms with E-state index in [-0.39, 0.29) is 30.0 Å². The van der Waals surface area contributed by atoms with Gasteiger partial charge < -0.3 is 10.1 Å². The molecule has 2 N–H and O–H groups in total. The summed E-state index contributed by atoms with van der Waals surface area (Å²) in [7, 11) is -2.11. The number of hydrogen-bond acceptors (Lipinski definition) is 4. The van der Waals surface area contributed by atoms with Gasteiger partial charge in [0.25, 0.3) is 5.91 Å². The third kappa shape index (κ3) is 6.44. The van der Waals surface area contributed by atoms with Crippen molar-refractivity contribution in [1.29, 1.82) is 0 Å². The van der Waals surface area contributed by atoms with Gasteiger partial charge in [-0.15, -0.1) is 0 Å². The van der Waals surface area contributed by atoms with Gasteiger partial charge in [0.1, 0.15) is 0 Å². The lowest BCUT2D eigenvalue weighted by atomic mass is 9.96. The number of benzene rings is 2. The van der Waals surface area contributed by atoms with Crippen molar-refractivity contribution in [3.8, 4) is 0 Å². The molecule has 0 saturated carbocycles. The van der Waals surface area contributed by atoms with Gasteiger partial charge in [0.2, 0.25) is 10.0 Å². The van der Waals surface area contributed by atoms with Gasteiger partial charge in [-0.05, 0) is 42.2 Å². The van der Waals surface area contributed by atoms with Crippen LogP contribution in [-0.2, 0) is 14.8 Å². The molecule has 2 aromatic rings. The number of nitrogens with one attached hydrogen (secondary N) is 2. The van der Waals surface area contributed by atoms with E-state index in [1.54, 1.807) is 0 Å². The minimum absolute atomic E-state index is 0.104. The average Bonchev–Trinajstić information content (AvgIpc) is 2.68. The third-order valence-electron chi connectivity index (χ3n) is 4.24. The molecular formula is C21H28N2O4S. The van der Waals surface area contributed by atoms with Crippen molar-refractivity contribution in [3.63, 3.8) is 0 Å². The topological polar surface area (TPSA) is 84.5 Å². The normalized spacial score (nSPS) is 12.7. The molecule has 6 nitrogen and oxygen atoms in total. The molecule has 0 fully saturated rings. The molecule has 0 spiro atoms. The molecule has 0 aromatic heterocycles. The Kier molecular flexibility index (Phi) is 8.17. The van der Waals surface area contributed by atoms with Gasteiger partial charge in [0.05, 0.1) is 17.5 Å². The molecule has 1 atom stereocenters. The molecule has 0 aliphatic carbocycles. The van der Waals surface area contributed by atoms with E-state index >= 15 is 0 Å². The molecule has 28 heavy (non-hydrogen) atoms. The van der Waals surface area contributed by atoms with Crippen molar-refractivity contribution >= 4 is 15.9 Å². The monoisotopic (exact) mass is 404 g/mol. The fraction of sp³-hybridized carbons (Fsp3) is 0.381. The first-order chi connectivity index (χ1) is 13.3. The molecule has 152 valence electrons. The second kappa shape index (κ2) is 10.4. The second-order valence-electron chi connectivity index (χ2n) is 6.98. The van der Waals surface area contributed by atoms with Crippen LogP contribution in [0.5, 0.6) is 0 Å². The summed E-state index contributed by atoms with van der Waals surface area (Å²) in [5.74, 6) is 0.182. The highest BCUT2D eigenvalue weighted by atomic mass is 32.2. The fourth-order valence-corrected chi connectivity index (χ4v) is 3.84. The van der Waals surface area contributed by atoms with Crippen LogP contribution in [0.15, 0.2) is 59.5 Å². The summed E-state index contributed by atoms with van der Waals surface area (Å²) in [4.78, 5) is 12.8. The summed E-state index contributed by atoms with van der Waals surface area (Å²) in [6.07, 6.45) is 0.811. The highest BCUT2D eigenvalue weighted by molar-refractivity contribution is 7.89. The van der Waals surface area contributed by atoms with Gasteiger partial charge in [-0.1, -0.05) is 44.2 Å². The van der Waals surface area contributed by atoms with E-state index in [2.05, 4.69) is 23.9 Å². The van der Waals surface area contributed by atoms with Crippen molar-refractivity contribution in [3.05, 3.63) is 65.7 Å². The van der Waals surface area contributed by atoms with Crippen LogP contribution in [0.4, 0.5) is 0 Å². The van der Waals surface area contributed by atoms with Gasteiger partial charge in [-0.25, -0.2) is 13.1 Å². The van der Waals surface area contributed by atoms with Gasteiger partial charge in [-0.2, -0.15) is 0 Å². The molecule has 0 aliphatic heterocycles. The number of rotatable bonds is 10. The predicted molar refractivity (Wildman–Crippen MR) is 110 cm³/mol. The molecule has 7 heteroatoms. The number of ether oxygens (including phenoxy) is 1. The largest absolute Gasteiger partial charge is 0.383 e. The lowest BCUT2D eigenvalue weighted by Gasteiger charge is -2.21. The third-order valence-corrected chi connectivity index (χ3v) is 5.72. The van der Waals surface area contributed by atoms with E-state index in [4.69, 9.17) is 4.74 Å². The smallest absolute Gasteiger partial charge is 0.251 e. The van der Waals surface area contributed by atoms with Crippen LogP contribution >= 0.6 is 0 Å². The van der Waals surface area contributed by atoms with Crippen molar-refractivity contribution in [2.45, 2.75) is 31.2 Å². The van der Waals surface area contributed by atoms with Gasteiger partial charge >= 0.3 is 0 Å². The Morgan fingerprint density at radius 3 is 2.25 bits per heavy atom. The molecule has 1 amide bonds. The maximum absolute atomic E-state index is 12.7. The first-order valence-electron chi connectivity index (χ1n) is 9.28. The fourth-order valence-electron chi connectivity index (χ4n) is 2.82. The summed E-state index contributed by atoms with van der Waals surface area (Å²) >= 11 is 0. The van der Waals surface area contributed by atoms with Crippen LogP contribution in [-0.4, -0.2) is 34.6 Å². The number of methoxy groups -OCH3 is 1. The van der Waals surface area contributed by atoms with Crippen LogP contribution in [0, 0.1) is 5.92 Å². The number of carbonyl (C=O) groups is 1. The summed E-state index contributed by atoms with van der Waals surface area (Å²) in [5.41, 5.74) is 1.46. The summed E-state index contributed by atoms with van der Waals surface area (Å²) in [6.45, 7) is 4.70. The Labute approximate surface area is 167 Å². The number of carbonyl (C=O) groups excluding carboxylic acids is 1. The second-order valence-corrected chi connectivity index (χ2v) is 8.75. The maximum Gasteiger partial charge on any atom is 0.251 e. The highest BCUT2D eigenvalue weighted by Crippen LogP contribution is 2.22. The zero-order valence-corrected chi connectivity index (χ0v) is 17.3.